The van der Waals surface area contributed by atoms with Crippen LogP contribution in [-0.2, 0) is 4.79 Å². The lowest BCUT2D eigenvalue weighted by molar-refractivity contribution is -0.124. The SMILES string of the molecule is CCC(C)N1C(=O)S/C(=C/c2cccn2-c2ccccc2)C1=O. The number of benzene rings is 1. The van der Waals surface area contributed by atoms with Crippen LogP contribution in [0.3, 0.4) is 0 Å². The normalized spacial score (nSPS) is 18.0. The topological polar surface area (TPSA) is 42.3 Å². The zero-order valence-corrected chi connectivity index (χ0v) is 13.9. The van der Waals surface area contributed by atoms with Crippen LogP contribution in [0.25, 0.3) is 11.8 Å². The summed E-state index contributed by atoms with van der Waals surface area (Å²) in [6.07, 6.45) is 4.49. The summed E-state index contributed by atoms with van der Waals surface area (Å²) in [4.78, 5) is 26.4. The fourth-order valence-corrected chi connectivity index (χ4v) is 3.43. The molecule has 0 bridgehead atoms. The number of carbonyl (C=O) groups is 2. The Balaban J connectivity index is 1.94. The maximum absolute atomic E-state index is 12.5. The zero-order chi connectivity index (χ0) is 16.4. The van der Waals surface area contributed by atoms with Crippen LogP contribution < -0.4 is 0 Å². The lowest BCUT2D eigenvalue weighted by atomic mass is 10.2. The number of rotatable bonds is 4. The van der Waals surface area contributed by atoms with Gasteiger partial charge in [0, 0.05) is 23.6 Å². The summed E-state index contributed by atoms with van der Waals surface area (Å²) in [7, 11) is 0. The van der Waals surface area contributed by atoms with Gasteiger partial charge in [0.2, 0.25) is 0 Å². The molecule has 0 spiro atoms. The van der Waals surface area contributed by atoms with Crippen LogP contribution in [-0.4, -0.2) is 26.7 Å². The van der Waals surface area contributed by atoms with Crippen LogP contribution in [0, 0.1) is 0 Å². The van der Waals surface area contributed by atoms with Crippen molar-refractivity contribution in [2.45, 2.75) is 26.3 Å². The van der Waals surface area contributed by atoms with Crippen molar-refractivity contribution < 1.29 is 9.59 Å². The maximum Gasteiger partial charge on any atom is 0.293 e. The molecule has 2 amide bonds. The standard InChI is InChI=1S/C18H18N2O2S/c1-3-13(2)20-17(21)16(23-18(20)22)12-15-10-7-11-19(15)14-8-5-4-6-9-14/h4-13H,3H2,1-2H3/b16-12+. The van der Waals surface area contributed by atoms with Crippen LogP contribution in [0.1, 0.15) is 26.0 Å². The third kappa shape index (κ3) is 2.97. The van der Waals surface area contributed by atoms with Crippen molar-refractivity contribution in [3.63, 3.8) is 0 Å². The number of hydrogen-bond donors (Lipinski definition) is 0. The molecule has 1 atom stereocenters. The van der Waals surface area contributed by atoms with Gasteiger partial charge in [-0.15, -0.1) is 0 Å². The number of hydrogen-bond acceptors (Lipinski definition) is 3. The van der Waals surface area contributed by atoms with E-state index >= 15 is 0 Å². The molecule has 0 aliphatic carbocycles. The molecule has 2 aromatic rings. The molecule has 2 heterocycles. The molecule has 4 nitrogen and oxygen atoms in total. The van der Waals surface area contributed by atoms with E-state index in [-0.39, 0.29) is 17.2 Å². The summed E-state index contributed by atoms with van der Waals surface area (Å²) < 4.78 is 2.00. The zero-order valence-electron chi connectivity index (χ0n) is 13.1. The summed E-state index contributed by atoms with van der Waals surface area (Å²) in [6.45, 7) is 3.87. The molecule has 0 radical (unpaired) electrons. The predicted molar refractivity (Wildman–Crippen MR) is 93.3 cm³/mol. The summed E-state index contributed by atoms with van der Waals surface area (Å²) in [5.41, 5.74) is 1.90. The molecular formula is C18H18N2O2S. The van der Waals surface area contributed by atoms with Crippen molar-refractivity contribution in [3.8, 4) is 5.69 Å². The van der Waals surface area contributed by atoms with E-state index in [2.05, 4.69) is 0 Å². The lowest BCUT2D eigenvalue weighted by Crippen LogP contribution is -2.36. The first-order valence-corrected chi connectivity index (χ1v) is 8.43. The number of para-hydroxylation sites is 1. The molecule has 1 aliphatic rings. The minimum absolute atomic E-state index is 0.0747. The first-order chi connectivity index (χ1) is 11.1. The molecule has 1 aliphatic heterocycles. The molecule has 1 unspecified atom stereocenters. The number of imide groups is 1. The van der Waals surface area contributed by atoms with E-state index in [0.29, 0.717) is 4.91 Å². The van der Waals surface area contributed by atoms with Gasteiger partial charge in [0.1, 0.15) is 0 Å². The number of amides is 2. The van der Waals surface area contributed by atoms with Gasteiger partial charge in [-0.2, -0.15) is 0 Å². The second kappa shape index (κ2) is 6.46. The van der Waals surface area contributed by atoms with E-state index in [1.54, 1.807) is 6.08 Å². The smallest absolute Gasteiger partial charge is 0.293 e. The maximum atomic E-state index is 12.5. The predicted octanol–water partition coefficient (Wildman–Crippen LogP) is 4.31. The van der Waals surface area contributed by atoms with Gasteiger partial charge in [0.15, 0.2) is 0 Å². The first-order valence-electron chi connectivity index (χ1n) is 7.61. The van der Waals surface area contributed by atoms with Crippen molar-refractivity contribution in [3.05, 3.63) is 59.3 Å². The van der Waals surface area contributed by atoms with E-state index < -0.39 is 0 Å². The van der Waals surface area contributed by atoms with Gasteiger partial charge in [-0.1, -0.05) is 25.1 Å². The van der Waals surface area contributed by atoms with Crippen LogP contribution >= 0.6 is 11.8 Å². The van der Waals surface area contributed by atoms with Crippen molar-refractivity contribution >= 4 is 29.0 Å². The van der Waals surface area contributed by atoms with Gasteiger partial charge >= 0.3 is 0 Å². The second-order valence-corrected chi connectivity index (χ2v) is 6.44. The average Bonchev–Trinajstić information content (AvgIpc) is 3.13. The van der Waals surface area contributed by atoms with E-state index in [1.807, 2.05) is 67.1 Å². The van der Waals surface area contributed by atoms with E-state index in [1.165, 1.54) is 4.90 Å². The molecule has 23 heavy (non-hydrogen) atoms. The molecule has 1 saturated heterocycles. The largest absolute Gasteiger partial charge is 0.317 e. The molecule has 3 rings (SSSR count). The minimum Gasteiger partial charge on any atom is -0.317 e. The Morgan fingerprint density at radius 1 is 1.13 bits per heavy atom. The van der Waals surface area contributed by atoms with Crippen molar-refractivity contribution in [2.24, 2.45) is 0 Å². The van der Waals surface area contributed by atoms with Gasteiger partial charge in [-0.25, -0.2) is 0 Å². The first kappa shape index (κ1) is 15.6. The van der Waals surface area contributed by atoms with Crippen molar-refractivity contribution in [2.75, 3.05) is 0 Å². The Bertz CT molecular complexity index is 764. The van der Waals surface area contributed by atoms with Crippen molar-refractivity contribution in [1.82, 2.24) is 9.47 Å². The number of aromatic nitrogens is 1. The van der Waals surface area contributed by atoms with Crippen LogP contribution in [0.5, 0.6) is 0 Å². The van der Waals surface area contributed by atoms with Crippen LogP contribution in [0.15, 0.2) is 53.6 Å². The molecule has 1 aromatic heterocycles. The Morgan fingerprint density at radius 3 is 2.57 bits per heavy atom. The number of nitrogens with zero attached hydrogens (tertiary/aromatic N) is 2. The van der Waals surface area contributed by atoms with Crippen molar-refractivity contribution in [1.29, 1.82) is 0 Å². The molecule has 118 valence electrons. The monoisotopic (exact) mass is 326 g/mol. The Labute approximate surface area is 139 Å². The molecule has 0 saturated carbocycles. The third-order valence-corrected chi connectivity index (χ3v) is 4.83. The highest BCUT2D eigenvalue weighted by Crippen LogP contribution is 2.34. The summed E-state index contributed by atoms with van der Waals surface area (Å²) in [5, 5.41) is -0.187. The fraction of sp³-hybridized carbons (Fsp3) is 0.222. The highest BCUT2D eigenvalue weighted by atomic mass is 32.2. The molecular weight excluding hydrogens is 308 g/mol. The molecule has 1 aromatic carbocycles. The third-order valence-electron chi connectivity index (χ3n) is 3.95. The second-order valence-electron chi connectivity index (χ2n) is 5.45. The highest BCUT2D eigenvalue weighted by Gasteiger charge is 2.37. The van der Waals surface area contributed by atoms with Gasteiger partial charge in [-0.3, -0.25) is 14.5 Å². The van der Waals surface area contributed by atoms with Gasteiger partial charge in [-0.05, 0) is 55.4 Å². The van der Waals surface area contributed by atoms with Gasteiger partial charge in [0.05, 0.1) is 4.91 Å². The summed E-state index contributed by atoms with van der Waals surface area (Å²) in [6, 6.07) is 13.7. The van der Waals surface area contributed by atoms with E-state index in [9.17, 15) is 9.59 Å². The van der Waals surface area contributed by atoms with Crippen LogP contribution in [0.2, 0.25) is 0 Å². The average molecular weight is 326 g/mol. The fourth-order valence-electron chi connectivity index (χ4n) is 2.51. The highest BCUT2D eigenvalue weighted by molar-refractivity contribution is 8.18. The number of carbonyl (C=O) groups excluding carboxylic acids is 2. The number of thioether (sulfide) groups is 1. The van der Waals surface area contributed by atoms with E-state index in [0.717, 1.165) is 29.6 Å². The summed E-state index contributed by atoms with van der Waals surface area (Å²) >= 11 is 1.01. The van der Waals surface area contributed by atoms with E-state index in [4.69, 9.17) is 0 Å². The van der Waals surface area contributed by atoms with Gasteiger partial charge in [0.25, 0.3) is 11.1 Å². The quantitative estimate of drug-likeness (QED) is 0.786. The van der Waals surface area contributed by atoms with Gasteiger partial charge < -0.3 is 4.57 Å². The Hall–Kier alpha value is -2.27. The lowest BCUT2D eigenvalue weighted by Gasteiger charge is -2.19. The minimum atomic E-state index is -0.199. The Kier molecular flexibility index (Phi) is 4.39. The molecule has 0 N–H and O–H groups in total. The molecule has 5 heteroatoms. The summed E-state index contributed by atoms with van der Waals surface area (Å²) in [5.74, 6) is -0.199. The van der Waals surface area contributed by atoms with Crippen LogP contribution in [0.4, 0.5) is 4.79 Å². The Morgan fingerprint density at radius 2 is 1.87 bits per heavy atom. The molecule has 1 fully saturated rings.